The molecule has 0 spiro atoms. The number of halogens is 2. The number of pyridine rings is 1. The molecule has 2 aromatic carbocycles. The smallest absolute Gasteiger partial charge is 0.319 e. The SMILES string of the molecule is Cc1cc(NC(=O)NC2c3cc(F)c(F)cc3C(C)(C)C[C@H]2O)c(-c2ccccc2)nc1-c1cnn(C)c1. The van der Waals surface area contributed by atoms with E-state index in [1.54, 1.807) is 10.9 Å². The van der Waals surface area contributed by atoms with Gasteiger partial charge in [-0.1, -0.05) is 44.2 Å². The summed E-state index contributed by atoms with van der Waals surface area (Å²) in [7, 11) is 1.83. The van der Waals surface area contributed by atoms with Crippen LogP contribution in [0.15, 0.2) is 60.9 Å². The normalized spacial score (nSPS) is 18.1. The zero-order valence-corrected chi connectivity index (χ0v) is 21.6. The van der Waals surface area contributed by atoms with E-state index in [2.05, 4.69) is 15.7 Å². The summed E-state index contributed by atoms with van der Waals surface area (Å²) in [5.41, 5.74) is 4.55. The number of nitrogens with one attached hydrogen (secondary N) is 2. The molecule has 196 valence electrons. The van der Waals surface area contributed by atoms with E-state index >= 15 is 0 Å². The average Bonchev–Trinajstić information content (AvgIpc) is 3.29. The second-order valence-electron chi connectivity index (χ2n) is 10.4. The Bertz CT molecular complexity index is 1520. The van der Waals surface area contributed by atoms with Crippen molar-refractivity contribution in [3.05, 3.63) is 89.2 Å². The van der Waals surface area contributed by atoms with Crippen molar-refractivity contribution in [1.29, 1.82) is 0 Å². The number of hydrogen-bond acceptors (Lipinski definition) is 4. The van der Waals surface area contributed by atoms with Crippen LogP contribution in [0.5, 0.6) is 0 Å². The lowest BCUT2D eigenvalue weighted by molar-refractivity contribution is 0.0878. The number of rotatable bonds is 4. The van der Waals surface area contributed by atoms with Crippen LogP contribution >= 0.6 is 0 Å². The van der Waals surface area contributed by atoms with Gasteiger partial charge in [0.25, 0.3) is 0 Å². The Morgan fingerprint density at radius 3 is 2.47 bits per heavy atom. The van der Waals surface area contributed by atoms with Crippen molar-refractivity contribution in [3.8, 4) is 22.5 Å². The maximum absolute atomic E-state index is 14.2. The van der Waals surface area contributed by atoms with Crippen molar-refractivity contribution in [2.45, 2.75) is 44.8 Å². The van der Waals surface area contributed by atoms with E-state index in [9.17, 15) is 18.7 Å². The topological polar surface area (TPSA) is 92.1 Å². The van der Waals surface area contributed by atoms with Gasteiger partial charge in [0.15, 0.2) is 11.6 Å². The third kappa shape index (κ3) is 4.77. The van der Waals surface area contributed by atoms with Gasteiger partial charge in [-0.15, -0.1) is 0 Å². The van der Waals surface area contributed by atoms with E-state index in [4.69, 9.17) is 4.98 Å². The van der Waals surface area contributed by atoms with Crippen LogP contribution < -0.4 is 10.6 Å². The van der Waals surface area contributed by atoms with Crippen LogP contribution in [0.4, 0.5) is 19.3 Å². The molecule has 2 amide bonds. The number of aromatic nitrogens is 3. The van der Waals surface area contributed by atoms with Gasteiger partial charge < -0.3 is 15.7 Å². The summed E-state index contributed by atoms with van der Waals surface area (Å²) in [5, 5.41) is 20.8. The number of fused-ring (bicyclic) bond motifs is 1. The van der Waals surface area contributed by atoms with Crippen molar-refractivity contribution >= 4 is 11.7 Å². The number of aryl methyl sites for hydroxylation is 2. The predicted octanol–water partition coefficient (Wildman–Crippen LogP) is 5.64. The first kappa shape index (κ1) is 25.5. The summed E-state index contributed by atoms with van der Waals surface area (Å²) < 4.78 is 30.0. The molecule has 1 aliphatic carbocycles. The number of carbonyl (C=O) groups excluding carboxylic acids is 1. The highest BCUT2D eigenvalue weighted by Gasteiger charge is 2.40. The third-order valence-corrected chi connectivity index (χ3v) is 7.03. The highest BCUT2D eigenvalue weighted by molar-refractivity contribution is 5.94. The molecular weight excluding hydrogens is 488 g/mol. The molecule has 1 unspecified atom stereocenters. The van der Waals surface area contributed by atoms with Gasteiger partial charge in [-0.2, -0.15) is 5.10 Å². The zero-order chi connectivity index (χ0) is 27.2. The van der Waals surface area contributed by atoms with Crippen molar-refractivity contribution in [1.82, 2.24) is 20.1 Å². The monoisotopic (exact) mass is 517 g/mol. The molecule has 0 radical (unpaired) electrons. The quantitative estimate of drug-likeness (QED) is 0.327. The number of aliphatic hydroxyl groups is 1. The number of nitrogens with zero attached hydrogens (tertiary/aromatic N) is 3. The summed E-state index contributed by atoms with van der Waals surface area (Å²) in [5.74, 6) is -1.99. The Morgan fingerprint density at radius 2 is 1.79 bits per heavy atom. The van der Waals surface area contributed by atoms with Crippen LogP contribution in [0, 0.1) is 18.6 Å². The summed E-state index contributed by atoms with van der Waals surface area (Å²) in [6, 6.07) is 12.0. The molecule has 5 rings (SSSR count). The van der Waals surface area contributed by atoms with Gasteiger partial charge in [-0.3, -0.25) is 4.68 Å². The number of urea groups is 1. The molecule has 0 saturated carbocycles. The Morgan fingerprint density at radius 1 is 1.08 bits per heavy atom. The number of benzene rings is 2. The number of aliphatic hydroxyl groups excluding tert-OH is 1. The molecular formula is C29H29F2N5O2. The Labute approximate surface area is 219 Å². The number of anilines is 1. The number of carbonyl (C=O) groups is 1. The molecule has 7 nitrogen and oxygen atoms in total. The van der Waals surface area contributed by atoms with Crippen LogP contribution in [0.3, 0.4) is 0 Å². The second kappa shape index (κ2) is 9.64. The van der Waals surface area contributed by atoms with Crippen LogP contribution in [-0.2, 0) is 12.5 Å². The van der Waals surface area contributed by atoms with Crippen molar-refractivity contribution < 1.29 is 18.7 Å². The van der Waals surface area contributed by atoms with E-state index in [1.807, 2.05) is 70.4 Å². The lowest BCUT2D eigenvalue weighted by Crippen LogP contribution is -2.45. The standard InChI is InChI=1S/C29H29F2N5O2/c1-16-10-23(26(17-8-6-5-7-9-17)34-25(16)18-14-32-36(4)15-18)33-28(38)35-27-19-11-21(30)22(31)12-20(19)29(2,3)13-24(27)37/h5-12,14-15,24,27,37H,13H2,1-4H3,(H2,33,35,38)/t24-,27?/m1/s1. The molecule has 1 aliphatic rings. The van der Waals surface area contributed by atoms with E-state index in [0.29, 0.717) is 22.5 Å². The summed E-state index contributed by atoms with van der Waals surface area (Å²) in [6.45, 7) is 5.61. The molecule has 2 heterocycles. The maximum atomic E-state index is 14.2. The fourth-order valence-electron chi connectivity index (χ4n) is 5.20. The molecule has 2 atom stereocenters. The Hall–Kier alpha value is -4.11. The minimum absolute atomic E-state index is 0.270. The van der Waals surface area contributed by atoms with Gasteiger partial charge in [0.05, 0.1) is 35.4 Å². The van der Waals surface area contributed by atoms with Crippen molar-refractivity contribution in [2.24, 2.45) is 7.05 Å². The van der Waals surface area contributed by atoms with Gasteiger partial charge in [0.2, 0.25) is 0 Å². The van der Waals surface area contributed by atoms with E-state index in [0.717, 1.165) is 34.5 Å². The molecule has 38 heavy (non-hydrogen) atoms. The molecule has 9 heteroatoms. The third-order valence-electron chi connectivity index (χ3n) is 7.03. The molecule has 0 bridgehead atoms. The minimum atomic E-state index is -1.03. The van der Waals surface area contributed by atoms with Gasteiger partial charge in [0, 0.05) is 24.4 Å². The first-order valence-corrected chi connectivity index (χ1v) is 12.3. The summed E-state index contributed by atoms with van der Waals surface area (Å²) >= 11 is 0. The van der Waals surface area contributed by atoms with Crippen molar-refractivity contribution in [3.63, 3.8) is 0 Å². The first-order chi connectivity index (χ1) is 18.0. The fraction of sp³-hybridized carbons (Fsp3) is 0.276. The maximum Gasteiger partial charge on any atom is 0.319 e. The fourth-order valence-corrected chi connectivity index (χ4v) is 5.20. The van der Waals surface area contributed by atoms with Crippen LogP contribution in [0.2, 0.25) is 0 Å². The van der Waals surface area contributed by atoms with Crippen LogP contribution in [0.25, 0.3) is 22.5 Å². The minimum Gasteiger partial charge on any atom is -0.391 e. The van der Waals surface area contributed by atoms with Crippen molar-refractivity contribution in [2.75, 3.05) is 5.32 Å². The van der Waals surface area contributed by atoms with E-state index in [-0.39, 0.29) is 6.42 Å². The highest BCUT2D eigenvalue weighted by atomic mass is 19.2. The molecule has 0 fully saturated rings. The second-order valence-corrected chi connectivity index (χ2v) is 10.4. The lowest BCUT2D eigenvalue weighted by atomic mass is 9.69. The highest BCUT2D eigenvalue weighted by Crippen LogP contribution is 2.42. The first-order valence-electron chi connectivity index (χ1n) is 12.3. The Balaban J connectivity index is 1.49. The predicted molar refractivity (Wildman–Crippen MR) is 142 cm³/mol. The largest absolute Gasteiger partial charge is 0.391 e. The van der Waals surface area contributed by atoms with Crippen LogP contribution in [0.1, 0.15) is 43.0 Å². The molecule has 0 saturated heterocycles. The summed E-state index contributed by atoms with van der Waals surface area (Å²) in [4.78, 5) is 18.1. The molecule has 0 aliphatic heterocycles. The van der Waals surface area contributed by atoms with E-state index in [1.165, 1.54) is 0 Å². The van der Waals surface area contributed by atoms with Gasteiger partial charge >= 0.3 is 6.03 Å². The van der Waals surface area contributed by atoms with Gasteiger partial charge in [-0.25, -0.2) is 18.6 Å². The van der Waals surface area contributed by atoms with Gasteiger partial charge in [-0.05, 0) is 53.6 Å². The van der Waals surface area contributed by atoms with Gasteiger partial charge in [0.1, 0.15) is 0 Å². The number of amides is 2. The van der Waals surface area contributed by atoms with E-state index < -0.39 is 35.2 Å². The molecule has 4 aromatic rings. The Kier molecular flexibility index (Phi) is 6.48. The lowest BCUT2D eigenvalue weighted by Gasteiger charge is -2.40. The summed E-state index contributed by atoms with van der Waals surface area (Å²) in [6.07, 6.45) is 2.88. The zero-order valence-electron chi connectivity index (χ0n) is 21.6. The van der Waals surface area contributed by atoms with Crippen LogP contribution in [-0.4, -0.2) is 32.0 Å². The number of hydrogen-bond donors (Lipinski definition) is 3. The average molecular weight is 518 g/mol. The molecule has 2 aromatic heterocycles. The molecule has 3 N–H and O–H groups in total.